The Bertz CT molecular complexity index is 1160. The molecule has 26 heavy (non-hydrogen) atoms. The number of hydrogen-bond donors (Lipinski definition) is 2. The van der Waals surface area contributed by atoms with Gasteiger partial charge in [-0.3, -0.25) is 4.79 Å². The van der Waals surface area contributed by atoms with Crippen molar-refractivity contribution < 1.29 is 14.7 Å². The molecule has 0 radical (unpaired) electrons. The molecule has 0 bridgehead atoms. The Balaban J connectivity index is 1.80. The molecule has 0 atom stereocenters. The van der Waals surface area contributed by atoms with Crippen LogP contribution in [-0.2, 0) is 0 Å². The number of rotatable bonds is 3. The average molecular weight is 341 g/mol. The molecule has 2 N–H and O–H groups in total. The van der Waals surface area contributed by atoms with Crippen LogP contribution in [0.15, 0.2) is 78.9 Å². The molecule has 4 nitrogen and oxygen atoms in total. The van der Waals surface area contributed by atoms with Gasteiger partial charge in [0.25, 0.3) is 5.91 Å². The molecule has 0 aliphatic rings. The van der Waals surface area contributed by atoms with Crippen LogP contribution in [0.4, 0.5) is 5.69 Å². The quantitative estimate of drug-likeness (QED) is 0.554. The van der Waals surface area contributed by atoms with Gasteiger partial charge in [0.2, 0.25) is 0 Å². The van der Waals surface area contributed by atoms with Crippen LogP contribution in [-0.4, -0.2) is 17.0 Å². The summed E-state index contributed by atoms with van der Waals surface area (Å²) in [5, 5.41) is 15.9. The molecule has 0 unspecified atom stereocenters. The van der Waals surface area contributed by atoms with E-state index in [4.69, 9.17) is 0 Å². The summed E-state index contributed by atoms with van der Waals surface area (Å²) in [6.07, 6.45) is 0. The largest absolute Gasteiger partial charge is 0.478 e. The van der Waals surface area contributed by atoms with E-state index >= 15 is 0 Å². The number of fused-ring (bicyclic) bond motifs is 2. The first-order chi connectivity index (χ1) is 12.6. The van der Waals surface area contributed by atoms with Gasteiger partial charge >= 0.3 is 5.97 Å². The Hall–Kier alpha value is -3.66. The van der Waals surface area contributed by atoms with Crippen LogP contribution in [0.3, 0.4) is 0 Å². The van der Waals surface area contributed by atoms with Gasteiger partial charge in [-0.2, -0.15) is 0 Å². The lowest BCUT2D eigenvalue weighted by atomic mass is 10.00. The molecular formula is C22H15NO3. The zero-order valence-electron chi connectivity index (χ0n) is 13.8. The van der Waals surface area contributed by atoms with Crippen molar-refractivity contribution >= 4 is 39.1 Å². The van der Waals surface area contributed by atoms with Crippen molar-refractivity contribution in [1.82, 2.24) is 0 Å². The Morgan fingerprint density at radius 3 is 1.96 bits per heavy atom. The first-order valence-electron chi connectivity index (χ1n) is 8.19. The van der Waals surface area contributed by atoms with Gasteiger partial charge in [0.05, 0.1) is 11.1 Å². The normalized spacial score (nSPS) is 10.8. The highest BCUT2D eigenvalue weighted by Gasteiger charge is 2.18. The molecule has 0 saturated carbocycles. The van der Waals surface area contributed by atoms with Crippen molar-refractivity contribution in [2.75, 3.05) is 5.32 Å². The first-order valence-corrected chi connectivity index (χ1v) is 8.19. The van der Waals surface area contributed by atoms with E-state index in [1.165, 1.54) is 6.07 Å². The Kier molecular flexibility index (Phi) is 3.86. The second-order valence-electron chi connectivity index (χ2n) is 6.03. The van der Waals surface area contributed by atoms with Crippen LogP contribution >= 0.6 is 0 Å². The van der Waals surface area contributed by atoms with Crippen LogP contribution in [0.5, 0.6) is 0 Å². The second-order valence-corrected chi connectivity index (χ2v) is 6.03. The minimum atomic E-state index is -1.13. The number of anilines is 1. The van der Waals surface area contributed by atoms with Crippen LogP contribution < -0.4 is 5.32 Å². The molecule has 4 aromatic carbocycles. The topological polar surface area (TPSA) is 66.4 Å². The highest BCUT2D eigenvalue weighted by Crippen LogP contribution is 2.25. The maximum Gasteiger partial charge on any atom is 0.336 e. The zero-order chi connectivity index (χ0) is 18.1. The van der Waals surface area contributed by atoms with Crippen LogP contribution in [0.2, 0.25) is 0 Å². The number of carbonyl (C=O) groups excluding carboxylic acids is 1. The van der Waals surface area contributed by atoms with E-state index in [2.05, 4.69) is 5.32 Å². The summed E-state index contributed by atoms with van der Waals surface area (Å²) in [4.78, 5) is 24.5. The van der Waals surface area contributed by atoms with Gasteiger partial charge in [-0.1, -0.05) is 60.7 Å². The third kappa shape index (κ3) is 2.78. The molecule has 1 amide bonds. The molecule has 0 saturated heterocycles. The monoisotopic (exact) mass is 341 g/mol. The average Bonchev–Trinajstić information content (AvgIpc) is 2.67. The summed E-state index contributed by atoms with van der Waals surface area (Å²) in [5.41, 5.74) is 0.781. The van der Waals surface area contributed by atoms with E-state index in [-0.39, 0.29) is 11.1 Å². The molecule has 0 aromatic heterocycles. The number of carboxylic acid groups (broad SMARTS) is 1. The third-order valence-electron chi connectivity index (χ3n) is 4.40. The van der Waals surface area contributed by atoms with E-state index in [1.54, 1.807) is 6.07 Å². The molecule has 0 heterocycles. The van der Waals surface area contributed by atoms with Gasteiger partial charge in [-0.25, -0.2) is 4.79 Å². The molecule has 4 rings (SSSR count). The minimum absolute atomic E-state index is 0.0126. The smallest absolute Gasteiger partial charge is 0.336 e. The number of carboxylic acids is 1. The third-order valence-corrected chi connectivity index (χ3v) is 4.40. The summed E-state index contributed by atoms with van der Waals surface area (Å²) in [7, 11) is 0. The number of hydrogen-bond acceptors (Lipinski definition) is 2. The minimum Gasteiger partial charge on any atom is -0.478 e. The molecule has 4 heteroatoms. The molecule has 4 aromatic rings. The maximum atomic E-state index is 12.9. The second kappa shape index (κ2) is 6.33. The summed E-state index contributed by atoms with van der Waals surface area (Å²) in [5.74, 6) is -1.57. The SMILES string of the molecule is O=C(O)c1cc2ccccc2cc1C(=O)Nc1cccc2ccccc12. The van der Waals surface area contributed by atoms with Crippen LogP contribution in [0, 0.1) is 0 Å². The highest BCUT2D eigenvalue weighted by atomic mass is 16.4. The first kappa shape index (κ1) is 15.8. The fourth-order valence-corrected chi connectivity index (χ4v) is 3.13. The van der Waals surface area contributed by atoms with E-state index in [0.29, 0.717) is 5.69 Å². The van der Waals surface area contributed by atoms with Crippen molar-refractivity contribution in [2.24, 2.45) is 0 Å². The van der Waals surface area contributed by atoms with Crippen LogP contribution in [0.1, 0.15) is 20.7 Å². The van der Waals surface area contributed by atoms with Gasteiger partial charge < -0.3 is 10.4 Å². The number of amides is 1. The summed E-state index contributed by atoms with van der Waals surface area (Å²) in [6.45, 7) is 0. The molecule has 126 valence electrons. The van der Waals surface area contributed by atoms with E-state index in [9.17, 15) is 14.7 Å². The van der Waals surface area contributed by atoms with Gasteiger partial charge in [0.1, 0.15) is 0 Å². The van der Waals surface area contributed by atoms with Gasteiger partial charge in [0, 0.05) is 11.1 Å². The summed E-state index contributed by atoms with van der Waals surface area (Å²) in [6, 6.07) is 23.9. The molecule has 0 spiro atoms. The Morgan fingerprint density at radius 1 is 0.692 bits per heavy atom. The number of nitrogens with one attached hydrogen (secondary N) is 1. The molecule has 0 aliphatic heterocycles. The van der Waals surface area contributed by atoms with Gasteiger partial charge in [0.15, 0.2) is 0 Å². The van der Waals surface area contributed by atoms with Crippen LogP contribution in [0.25, 0.3) is 21.5 Å². The molecule has 0 aliphatic carbocycles. The summed E-state index contributed by atoms with van der Waals surface area (Å²) >= 11 is 0. The van der Waals surface area contributed by atoms with Gasteiger partial charge in [-0.15, -0.1) is 0 Å². The lowest BCUT2D eigenvalue weighted by Gasteiger charge is -2.11. The zero-order valence-corrected chi connectivity index (χ0v) is 13.8. The van der Waals surface area contributed by atoms with Crippen molar-refractivity contribution in [3.63, 3.8) is 0 Å². The Labute approximate surface area is 149 Å². The predicted octanol–water partition coefficient (Wildman–Crippen LogP) is 4.94. The maximum absolute atomic E-state index is 12.9. The van der Waals surface area contributed by atoms with E-state index in [1.807, 2.05) is 66.7 Å². The lowest BCUT2D eigenvalue weighted by Crippen LogP contribution is -2.16. The number of carbonyl (C=O) groups is 2. The van der Waals surface area contributed by atoms with Crippen molar-refractivity contribution in [3.05, 3.63) is 90.0 Å². The van der Waals surface area contributed by atoms with E-state index < -0.39 is 11.9 Å². The van der Waals surface area contributed by atoms with Crippen molar-refractivity contribution in [3.8, 4) is 0 Å². The summed E-state index contributed by atoms with van der Waals surface area (Å²) < 4.78 is 0. The standard InChI is InChI=1S/C22H15NO3/c24-21(23-20-11-5-9-14-6-3-4-10-17(14)20)18-12-15-7-1-2-8-16(15)13-19(18)22(25)26/h1-13H,(H,23,24)(H,25,26). The molecule has 0 fully saturated rings. The predicted molar refractivity (Wildman–Crippen MR) is 103 cm³/mol. The van der Waals surface area contributed by atoms with Gasteiger partial charge in [-0.05, 0) is 34.4 Å². The number of aromatic carboxylic acids is 1. The number of benzene rings is 4. The van der Waals surface area contributed by atoms with Crippen molar-refractivity contribution in [2.45, 2.75) is 0 Å². The lowest BCUT2D eigenvalue weighted by molar-refractivity contribution is 0.0692. The Morgan fingerprint density at radius 2 is 1.27 bits per heavy atom. The van der Waals surface area contributed by atoms with E-state index in [0.717, 1.165) is 21.5 Å². The highest BCUT2D eigenvalue weighted by molar-refractivity contribution is 6.15. The fourth-order valence-electron chi connectivity index (χ4n) is 3.13. The fraction of sp³-hybridized carbons (Fsp3) is 0. The van der Waals surface area contributed by atoms with Crippen molar-refractivity contribution in [1.29, 1.82) is 0 Å². The molecular weight excluding hydrogens is 326 g/mol.